The molecule has 0 nitrogen and oxygen atoms in total. The fraction of sp³-hybridized carbons (Fsp3) is 0.897. The van der Waals surface area contributed by atoms with Gasteiger partial charge in [-0.25, -0.2) is 0 Å². The Bertz CT molecular complexity index is 853. The van der Waals surface area contributed by atoms with Crippen molar-refractivity contribution in [2.24, 2.45) is 65.1 Å². The minimum atomic E-state index is 0.752. The quantitative estimate of drug-likeness (QED) is 0.266. The summed E-state index contributed by atoms with van der Waals surface area (Å²) in [6, 6.07) is 0. The van der Waals surface area contributed by atoms with Gasteiger partial charge in [0.05, 0.1) is 0 Å². The van der Waals surface area contributed by atoms with Gasteiger partial charge in [0, 0.05) is 0 Å². The van der Waals surface area contributed by atoms with Crippen molar-refractivity contribution in [1.82, 2.24) is 0 Å². The van der Waals surface area contributed by atoms with E-state index in [-0.39, 0.29) is 0 Å². The first kappa shape index (κ1) is 31.0. The molecule has 0 aromatic heterocycles. The molecule has 12 atom stereocenters. The van der Waals surface area contributed by atoms with E-state index in [2.05, 4.69) is 54.6 Å². The minimum absolute atomic E-state index is 0.752. The summed E-state index contributed by atoms with van der Waals surface area (Å²) in [7, 11) is 2.58. The molecule has 5 aliphatic carbocycles. The number of hydrogen-bond acceptors (Lipinski definition) is 0. The Hall–Kier alpha value is -0.455. The molecule has 0 aromatic carbocycles. The first-order chi connectivity index (χ1) is 19.4. The van der Waals surface area contributed by atoms with Crippen molar-refractivity contribution >= 4 is 7.85 Å². The van der Waals surface area contributed by atoms with Crippen molar-refractivity contribution in [2.75, 3.05) is 0 Å². The second-order valence-corrected chi connectivity index (χ2v) is 16.3. The van der Waals surface area contributed by atoms with E-state index >= 15 is 0 Å². The van der Waals surface area contributed by atoms with Gasteiger partial charge in [0.25, 0.3) is 0 Å². The molecular formula is C39H67B. The number of rotatable bonds is 8. The molecule has 1 heteroatoms. The smallest absolute Gasteiger partial charge is 0.0667 e. The predicted octanol–water partition coefficient (Wildman–Crippen LogP) is 11.2. The summed E-state index contributed by atoms with van der Waals surface area (Å²) in [6.07, 6.45) is 32.1. The summed E-state index contributed by atoms with van der Waals surface area (Å²) < 4.78 is 0. The third-order valence-corrected chi connectivity index (χ3v) is 14.1. The Morgan fingerprint density at radius 1 is 0.750 bits per heavy atom. The van der Waals surface area contributed by atoms with Crippen LogP contribution in [-0.4, -0.2) is 7.85 Å². The zero-order chi connectivity index (χ0) is 28.2. The van der Waals surface area contributed by atoms with E-state index in [4.69, 9.17) is 0 Å². The van der Waals surface area contributed by atoms with Crippen LogP contribution in [0.25, 0.3) is 0 Å². The second kappa shape index (κ2) is 14.3. The van der Waals surface area contributed by atoms with Crippen LogP contribution >= 0.6 is 0 Å². The van der Waals surface area contributed by atoms with E-state index in [0.717, 1.165) is 70.9 Å². The SMILES string of the molecule is BC1CCCCC1C1CCCC(C2=CC=C(C(C)C3CCC(C)C(C4CCCC[C@@H]4C)C3)C(C)C2CCCC)C1. The van der Waals surface area contributed by atoms with Gasteiger partial charge in [-0.2, -0.15) is 0 Å². The van der Waals surface area contributed by atoms with Crippen LogP contribution in [0.5, 0.6) is 0 Å². The summed E-state index contributed by atoms with van der Waals surface area (Å²) in [5.74, 6) is 11.0. The highest BCUT2D eigenvalue weighted by atomic mass is 14.5. The van der Waals surface area contributed by atoms with Crippen molar-refractivity contribution < 1.29 is 0 Å². The van der Waals surface area contributed by atoms with Crippen LogP contribution in [0.15, 0.2) is 23.3 Å². The van der Waals surface area contributed by atoms with Gasteiger partial charge in [0.2, 0.25) is 0 Å². The fourth-order valence-corrected chi connectivity index (χ4v) is 11.5. The Balaban J connectivity index is 1.32. The van der Waals surface area contributed by atoms with E-state index in [1.165, 1.54) is 116 Å². The van der Waals surface area contributed by atoms with Crippen molar-refractivity contribution in [3.05, 3.63) is 23.3 Å². The fourth-order valence-electron chi connectivity index (χ4n) is 11.5. The van der Waals surface area contributed by atoms with Crippen LogP contribution in [0.4, 0.5) is 0 Å². The van der Waals surface area contributed by atoms with Crippen molar-refractivity contribution in [1.29, 1.82) is 0 Å². The molecule has 11 unspecified atom stereocenters. The van der Waals surface area contributed by atoms with Gasteiger partial charge in [0.15, 0.2) is 0 Å². The van der Waals surface area contributed by atoms with Gasteiger partial charge in [0.1, 0.15) is 7.85 Å². The molecule has 5 rings (SSSR count). The zero-order valence-corrected chi connectivity index (χ0v) is 27.8. The molecule has 5 aliphatic rings. The predicted molar refractivity (Wildman–Crippen MR) is 178 cm³/mol. The van der Waals surface area contributed by atoms with E-state index in [0.29, 0.717) is 0 Å². The van der Waals surface area contributed by atoms with Gasteiger partial charge in [-0.3, -0.25) is 0 Å². The van der Waals surface area contributed by atoms with E-state index in [1.807, 2.05) is 11.1 Å². The Morgan fingerprint density at radius 2 is 1.48 bits per heavy atom. The van der Waals surface area contributed by atoms with Crippen molar-refractivity contribution in [3.8, 4) is 0 Å². The molecule has 40 heavy (non-hydrogen) atoms. The molecule has 0 heterocycles. The van der Waals surface area contributed by atoms with Gasteiger partial charge in [-0.05, 0) is 104 Å². The molecule has 0 spiro atoms. The van der Waals surface area contributed by atoms with Crippen molar-refractivity contribution in [2.45, 2.75) is 156 Å². The van der Waals surface area contributed by atoms with Crippen LogP contribution in [-0.2, 0) is 0 Å². The highest BCUT2D eigenvalue weighted by Gasteiger charge is 2.42. The standard InChI is InChI=1S/C39H67B/c1-6-7-16-35-29(5)34(28(4)30-21-20-27(3)38(25-30)33-17-9-8-13-26(33)2)22-23-36(35)31-14-12-15-32(24-31)37-18-10-11-19-39(37)40/h22-23,26-33,35,37-39H,6-21,24-25,40H2,1-5H3/t26-,27?,28?,29?,30?,31?,32?,33?,35?,37?,38?,39?/m0/s1. The van der Waals surface area contributed by atoms with Crippen LogP contribution in [0.1, 0.15) is 150 Å². The minimum Gasteiger partial charge on any atom is -0.0667 e. The van der Waals surface area contributed by atoms with Crippen LogP contribution < -0.4 is 0 Å². The maximum Gasteiger partial charge on any atom is 0.105 e. The van der Waals surface area contributed by atoms with Crippen molar-refractivity contribution in [3.63, 3.8) is 0 Å². The first-order valence-electron chi connectivity index (χ1n) is 18.8. The third-order valence-electron chi connectivity index (χ3n) is 14.1. The molecule has 0 N–H and O–H groups in total. The summed E-state index contributed by atoms with van der Waals surface area (Å²) in [6.45, 7) is 12.9. The highest BCUT2D eigenvalue weighted by molar-refractivity contribution is 6.11. The van der Waals surface area contributed by atoms with Gasteiger partial charge in [-0.1, -0.05) is 141 Å². The van der Waals surface area contributed by atoms with Gasteiger partial charge < -0.3 is 0 Å². The third kappa shape index (κ3) is 6.85. The number of unbranched alkanes of at least 4 members (excludes halogenated alkanes) is 1. The molecule has 4 saturated carbocycles. The molecule has 0 aliphatic heterocycles. The lowest BCUT2D eigenvalue weighted by molar-refractivity contribution is 0.0602. The first-order valence-corrected chi connectivity index (χ1v) is 18.8. The number of allylic oxidation sites excluding steroid dienone is 4. The van der Waals surface area contributed by atoms with Gasteiger partial charge in [-0.15, -0.1) is 0 Å². The Kier molecular flexibility index (Phi) is 11.1. The van der Waals surface area contributed by atoms with Gasteiger partial charge >= 0.3 is 0 Å². The maximum absolute atomic E-state index is 2.73. The molecule has 0 bridgehead atoms. The normalized spacial score (nSPS) is 44.0. The molecular weight excluding hydrogens is 479 g/mol. The topological polar surface area (TPSA) is 0 Å². The average Bonchev–Trinajstić information content (AvgIpc) is 2.97. The summed E-state index contributed by atoms with van der Waals surface area (Å²) in [5.41, 5.74) is 3.74. The van der Waals surface area contributed by atoms with Crippen LogP contribution in [0.2, 0.25) is 5.82 Å². The summed E-state index contributed by atoms with van der Waals surface area (Å²) in [5, 5.41) is 0. The van der Waals surface area contributed by atoms with Crippen LogP contribution in [0.3, 0.4) is 0 Å². The molecule has 226 valence electrons. The van der Waals surface area contributed by atoms with E-state index in [9.17, 15) is 0 Å². The molecule has 0 radical (unpaired) electrons. The Morgan fingerprint density at radius 3 is 2.23 bits per heavy atom. The Labute approximate surface area is 251 Å². The molecule has 4 fully saturated rings. The largest absolute Gasteiger partial charge is 0.105 e. The maximum atomic E-state index is 2.73. The summed E-state index contributed by atoms with van der Waals surface area (Å²) in [4.78, 5) is 0. The molecule has 0 amide bonds. The lowest BCUT2D eigenvalue weighted by Gasteiger charge is -2.47. The van der Waals surface area contributed by atoms with E-state index in [1.54, 1.807) is 0 Å². The summed E-state index contributed by atoms with van der Waals surface area (Å²) >= 11 is 0. The molecule has 0 aromatic rings. The lowest BCUT2D eigenvalue weighted by Crippen LogP contribution is -2.37. The van der Waals surface area contributed by atoms with Crippen LogP contribution in [0, 0.1) is 65.1 Å². The number of hydrogen-bond donors (Lipinski definition) is 0. The highest BCUT2D eigenvalue weighted by Crippen LogP contribution is 2.52. The van der Waals surface area contributed by atoms with E-state index < -0.39 is 0 Å². The molecule has 0 saturated heterocycles. The average molecular weight is 547 g/mol. The monoisotopic (exact) mass is 547 g/mol. The zero-order valence-electron chi connectivity index (χ0n) is 27.8. The lowest BCUT2D eigenvalue weighted by atomic mass is 9.57. The second-order valence-electron chi connectivity index (χ2n) is 16.3.